The molecule has 0 unspecified atom stereocenters. The van der Waals surface area contributed by atoms with Crippen LogP contribution in [0, 0.1) is 0 Å². The molecule has 1 saturated carbocycles. The van der Waals surface area contributed by atoms with Gasteiger partial charge in [-0.3, -0.25) is 4.79 Å². The molecule has 25 heavy (non-hydrogen) atoms. The lowest BCUT2D eigenvalue weighted by Crippen LogP contribution is -2.56. The van der Waals surface area contributed by atoms with Gasteiger partial charge in [-0.15, -0.1) is 0 Å². The monoisotopic (exact) mass is 362 g/mol. The van der Waals surface area contributed by atoms with E-state index in [1.807, 2.05) is 0 Å². The van der Waals surface area contributed by atoms with Gasteiger partial charge in [-0.25, -0.2) is 4.79 Å². The molecule has 132 valence electrons. The van der Waals surface area contributed by atoms with Crippen molar-refractivity contribution in [1.29, 1.82) is 0 Å². The molecule has 0 bridgehead atoms. The molecule has 7 heteroatoms. The number of amides is 1. The van der Waals surface area contributed by atoms with Crippen LogP contribution in [-0.2, 0) is 4.79 Å². The third kappa shape index (κ3) is 3.14. The summed E-state index contributed by atoms with van der Waals surface area (Å²) >= 11 is 6.13. The summed E-state index contributed by atoms with van der Waals surface area (Å²) in [4.78, 5) is 26.0. The number of carbonyl (C=O) groups excluding carboxylic acids is 1. The summed E-state index contributed by atoms with van der Waals surface area (Å²) in [6.45, 7) is 0. The van der Waals surface area contributed by atoms with Gasteiger partial charge in [0.15, 0.2) is 11.5 Å². The molecule has 3 rings (SSSR count). The minimum atomic E-state index is -1.18. The standard InChI is InChI=1S/C18H19ClN2O4/c1-21(18(17(23)24)9-5-2-6-10-18)16(22)14-11-15(25-20-14)12-7-3-4-8-13(12)19/h3-4,7-8,11H,2,5-6,9-10H2,1H3,(H,23,24). The summed E-state index contributed by atoms with van der Waals surface area (Å²) in [5, 5.41) is 14.0. The highest BCUT2D eigenvalue weighted by Crippen LogP contribution is 2.35. The van der Waals surface area contributed by atoms with E-state index >= 15 is 0 Å². The maximum Gasteiger partial charge on any atom is 0.329 e. The fourth-order valence-electron chi connectivity index (χ4n) is 3.36. The predicted molar refractivity (Wildman–Crippen MR) is 92.5 cm³/mol. The van der Waals surface area contributed by atoms with Crippen LogP contribution < -0.4 is 0 Å². The summed E-state index contributed by atoms with van der Waals surface area (Å²) in [5.74, 6) is -1.07. The van der Waals surface area contributed by atoms with Crippen LogP contribution in [0.3, 0.4) is 0 Å². The number of aromatic nitrogens is 1. The normalized spacial score (nSPS) is 16.4. The van der Waals surface area contributed by atoms with Gasteiger partial charge in [-0.1, -0.05) is 48.2 Å². The second kappa shape index (κ2) is 6.88. The van der Waals surface area contributed by atoms with Gasteiger partial charge in [0.2, 0.25) is 0 Å². The van der Waals surface area contributed by atoms with Gasteiger partial charge in [0, 0.05) is 18.7 Å². The molecule has 1 aromatic carbocycles. The van der Waals surface area contributed by atoms with Gasteiger partial charge >= 0.3 is 5.97 Å². The number of carboxylic acids is 1. The van der Waals surface area contributed by atoms with Crippen LogP contribution in [0.2, 0.25) is 5.02 Å². The summed E-state index contributed by atoms with van der Waals surface area (Å²) in [7, 11) is 1.52. The quantitative estimate of drug-likeness (QED) is 0.892. The minimum Gasteiger partial charge on any atom is -0.479 e. The van der Waals surface area contributed by atoms with Gasteiger partial charge in [-0.05, 0) is 25.0 Å². The summed E-state index contributed by atoms with van der Waals surface area (Å²) in [6.07, 6.45) is 3.44. The van der Waals surface area contributed by atoms with Gasteiger partial charge in [0.1, 0.15) is 5.54 Å². The first-order valence-electron chi connectivity index (χ1n) is 8.19. The summed E-state index contributed by atoms with van der Waals surface area (Å²) in [6, 6.07) is 8.58. The Morgan fingerprint density at radius 3 is 2.56 bits per heavy atom. The molecule has 0 aliphatic heterocycles. The Kier molecular flexibility index (Phi) is 4.81. The molecule has 1 amide bonds. The molecular formula is C18H19ClN2O4. The molecule has 1 aliphatic carbocycles. The number of halogens is 1. The van der Waals surface area contributed by atoms with Crippen LogP contribution in [0.15, 0.2) is 34.9 Å². The van der Waals surface area contributed by atoms with E-state index in [-0.39, 0.29) is 5.69 Å². The molecule has 1 aliphatic rings. The highest BCUT2D eigenvalue weighted by atomic mass is 35.5. The molecular weight excluding hydrogens is 344 g/mol. The molecule has 1 fully saturated rings. The van der Waals surface area contributed by atoms with Crippen molar-refractivity contribution >= 4 is 23.5 Å². The van der Waals surface area contributed by atoms with Crippen LogP contribution in [0.25, 0.3) is 11.3 Å². The van der Waals surface area contributed by atoms with Crippen molar-refractivity contribution in [3.63, 3.8) is 0 Å². The fourth-order valence-corrected chi connectivity index (χ4v) is 3.59. The highest BCUT2D eigenvalue weighted by molar-refractivity contribution is 6.33. The van der Waals surface area contributed by atoms with E-state index in [9.17, 15) is 14.7 Å². The third-order valence-corrected chi connectivity index (χ3v) is 5.22. The first-order valence-corrected chi connectivity index (χ1v) is 8.57. The second-order valence-electron chi connectivity index (χ2n) is 6.32. The number of likely N-dealkylation sites (N-methyl/N-ethyl adjacent to an activating group) is 1. The number of carbonyl (C=O) groups is 2. The molecule has 1 heterocycles. The summed E-state index contributed by atoms with van der Waals surface area (Å²) < 4.78 is 5.25. The van der Waals surface area contributed by atoms with E-state index in [2.05, 4.69) is 5.16 Å². The van der Waals surface area contributed by atoms with E-state index < -0.39 is 17.4 Å². The van der Waals surface area contributed by atoms with E-state index in [0.29, 0.717) is 29.2 Å². The van der Waals surface area contributed by atoms with E-state index in [1.165, 1.54) is 18.0 Å². The van der Waals surface area contributed by atoms with Crippen LogP contribution >= 0.6 is 11.6 Å². The molecule has 0 saturated heterocycles. The molecule has 0 spiro atoms. The third-order valence-electron chi connectivity index (χ3n) is 4.89. The highest BCUT2D eigenvalue weighted by Gasteiger charge is 2.46. The van der Waals surface area contributed by atoms with Gasteiger partial charge < -0.3 is 14.5 Å². The number of rotatable bonds is 4. The smallest absolute Gasteiger partial charge is 0.329 e. The van der Waals surface area contributed by atoms with Crippen molar-refractivity contribution in [2.75, 3.05) is 7.05 Å². The molecule has 2 aromatic rings. The predicted octanol–water partition coefficient (Wildman–Crippen LogP) is 3.85. The maximum absolute atomic E-state index is 12.8. The summed E-state index contributed by atoms with van der Waals surface area (Å²) in [5.41, 5.74) is -0.480. The second-order valence-corrected chi connectivity index (χ2v) is 6.73. The zero-order valence-corrected chi connectivity index (χ0v) is 14.6. The van der Waals surface area contributed by atoms with Crippen molar-refractivity contribution in [3.05, 3.63) is 41.0 Å². The topological polar surface area (TPSA) is 83.6 Å². The Hall–Kier alpha value is -2.34. The average Bonchev–Trinajstić information content (AvgIpc) is 3.11. The van der Waals surface area contributed by atoms with E-state index in [0.717, 1.165) is 19.3 Å². The van der Waals surface area contributed by atoms with Crippen LogP contribution in [0.4, 0.5) is 0 Å². The Balaban J connectivity index is 1.88. The van der Waals surface area contributed by atoms with Crippen molar-refractivity contribution < 1.29 is 19.2 Å². The zero-order chi connectivity index (χ0) is 18.0. The maximum atomic E-state index is 12.8. The number of nitrogens with zero attached hydrogens (tertiary/aromatic N) is 2. The van der Waals surface area contributed by atoms with Gasteiger partial charge in [0.05, 0.1) is 5.02 Å². The average molecular weight is 363 g/mol. The first-order chi connectivity index (χ1) is 12.0. The molecule has 0 radical (unpaired) electrons. The van der Waals surface area contributed by atoms with Crippen molar-refractivity contribution in [1.82, 2.24) is 10.1 Å². The largest absolute Gasteiger partial charge is 0.479 e. The van der Waals surface area contributed by atoms with E-state index in [4.69, 9.17) is 16.1 Å². The van der Waals surface area contributed by atoms with Crippen LogP contribution in [0.1, 0.15) is 42.6 Å². The molecule has 1 aromatic heterocycles. The zero-order valence-electron chi connectivity index (χ0n) is 13.9. The number of aliphatic carboxylic acids is 1. The molecule has 6 nitrogen and oxygen atoms in total. The van der Waals surface area contributed by atoms with Gasteiger partial charge in [-0.2, -0.15) is 0 Å². The molecule has 0 atom stereocenters. The first kappa shape index (κ1) is 17.5. The van der Waals surface area contributed by atoms with E-state index in [1.54, 1.807) is 24.3 Å². The minimum absolute atomic E-state index is 0.0728. The number of hydrogen-bond acceptors (Lipinski definition) is 4. The van der Waals surface area contributed by atoms with Crippen LogP contribution in [-0.4, -0.2) is 39.6 Å². The Bertz CT molecular complexity index is 796. The number of carboxylic acid groups (broad SMARTS) is 1. The fraction of sp³-hybridized carbons (Fsp3) is 0.389. The number of hydrogen-bond donors (Lipinski definition) is 1. The van der Waals surface area contributed by atoms with Crippen molar-refractivity contribution in [3.8, 4) is 11.3 Å². The number of benzene rings is 1. The van der Waals surface area contributed by atoms with Crippen molar-refractivity contribution in [2.45, 2.75) is 37.6 Å². The SMILES string of the molecule is CN(C(=O)c1cc(-c2ccccc2Cl)on1)C1(C(=O)O)CCCCC1. The van der Waals surface area contributed by atoms with Gasteiger partial charge in [0.25, 0.3) is 5.91 Å². The lowest BCUT2D eigenvalue weighted by Gasteiger charge is -2.40. The van der Waals surface area contributed by atoms with Crippen molar-refractivity contribution in [2.24, 2.45) is 0 Å². The van der Waals surface area contributed by atoms with Crippen LogP contribution in [0.5, 0.6) is 0 Å². The Morgan fingerprint density at radius 1 is 1.24 bits per heavy atom. The Labute approximate surface area is 150 Å². The molecule has 1 N–H and O–H groups in total. The lowest BCUT2D eigenvalue weighted by molar-refractivity contribution is -0.151. The lowest BCUT2D eigenvalue weighted by atomic mass is 9.80. The Morgan fingerprint density at radius 2 is 1.92 bits per heavy atom.